The van der Waals surface area contributed by atoms with Crippen molar-refractivity contribution in [3.05, 3.63) is 82.5 Å². The number of carbonyl (C=O) groups is 1. The van der Waals surface area contributed by atoms with Crippen molar-refractivity contribution in [1.82, 2.24) is 20.0 Å². The number of aromatic nitrogens is 4. The van der Waals surface area contributed by atoms with Gasteiger partial charge in [0.05, 0.1) is 12.1 Å². The molecule has 0 spiro atoms. The summed E-state index contributed by atoms with van der Waals surface area (Å²) in [5.74, 6) is 0.0289. The molecule has 30 heavy (non-hydrogen) atoms. The normalized spacial score (nSPS) is 11.1. The van der Waals surface area contributed by atoms with Crippen molar-refractivity contribution in [3.63, 3.8) is 0 Å². The minimum atomic E-state index is -0.239. The number of nitrogens with one attached hydrogen (secondary N) is 1. The molecule has 0 radical (unpaired) electrons. The molecule has 0 saturated heterocycles. The number of hydrogen-bond donors (Lipinski definition) is 1. The van der Waals surface area contributed by atoms with Crippen LogP contribution in [0.4, 0.5) is 5.13 Å². The van der Waals surface area contributed by atoms with Gasteiger partial charge in [-0.15, -0.1) is 10.2 Å². The number of amides is 1. The highest BCUT2D eigenvalue weighted by Gasteiger charge is 2.20. The lowest BCUT2D eigenvalue weighted by atomic mass is 10.1. The lowest BCUT2D eigenvalue weighted by molar-refractivity contribution is 0.102. The van der Waals surface area contributed by atoms with Gasteiger partial charge in [0.1, 0.15) is 10.7 Å². The molecule has 0 saturated carbocycles. The van der Waals surface area contributed by atoms with E-state index in [1.807, 2.05) is 61.5 Å². The molecule has 2 aromatic carbocycles. The van der Waals surface area contributed by atoms with Gasteiger partial charge in [0.2, 0.25) is 5.13 Å². The monoisotopic (exact) mass is 417 g/mol. The Morgan fingerprint density at radius 1 is 1.07 bits per heavy atom. The Morgan fingerprint density at radius 3 is 2.47 bits per heavy atom. The van der Waals surface area contributed by atoms with E-state index in [-0.39, 0.29) is 11.8 Å². The zero-order valence-corrected chi connectivity index (χ0v) is 18.0. The van der Waals surface area contributed by atoms with Crippen LogP contribution in [0.5, 0.6) is 0 Å². The number of aryl methyl sites for hydroxylation is 1. The molecule has 2 heterocycles. The Balaban J connectivity index is 1.66. The van der Waals surface area contributed by atoms with E-state index < -0.39 is 0 Å². The Kier molecular flexibility index (Phi) is 5.72. The van der Waals surface area contributed by atoms with E-state index in [2.05, 4.69) is 29.4 Å². The maximum atomic E-state index is 13.1. The largest absolute Gasteiger partial charge is 0.296 e. The minimum absolute atomic E-state index is 0.239. The van der Waals surface area contributed by atoms with Crippen LogP contribution in [0, 0.1) is 6.92 Å². The first kappa shape index (κ1) is 20.0. The lowest BCUT2D eigenvalue weighted by Gasteiger charge is -2.03. The predicted octanol–water partition coefficient (Wildman–Crippen LogP) is 5.13. The number of benzene rings is 2. The van der Waals surface area contributed by atoms with Crippen molar-refractivity contribution in [3.8, 4) is 11.3 Å². The number of rotatable bonds is 6. The van der Waals surface area contributed by atoms with Crippen LogP contribution in [-0.4, -0.2) is 25.9 Å². The quantitative estimate of drug-likeness (QED) is 0.472. The Labute approximate surface area is 179 Å². The van der Waals surface area contributed by atoms with Crippen molar-refractivity contribution < 1.29 is 4.79 Å². The summed E-state index contributed by atoms with van der Waals surface area (Å²) in [6.07, 6.45) is 1.79. The fraction of sp³-hybridized carbons (Fsp3) is 0.217. The first-order valence-corrected chi connectivity index (χ1v) is 10.6. The minimum Gasteiger partial charge on any atom is -0.296 e. The zero-order chi connectivity index (χ0) is 21.1. The molecular weight excluding hydrogens is 394 g/mol. The zero-order valence-electron chi connectivity index (χ0n) is 17.2. The predicted molar refractivity (Wildman–Crippen MR) is 120 cm³/mol. The maximum absolute atomic E-state index is 13.1. The van der Waals surface area contributed by atoms with Crippen molar-refractivity contribution in [2.24, 2.45) is 0 Å². The van der Waals surface area contributed by atoms with E-state index in [9.17, 15) is 4.79 Å². The standard InChI is InChI=1S/C23H23N5OS/c1-15(2)22-25-26-23(30-22)24-21(29)19-14-28(13-17-7-5-4-6-8-17)27-20(19)18-11-9-16(3)10-12-18/h4-12,14-15H,13H2,1-3H3,(H,24,26,29). The van der Waals surface area contributed by atoms with E-state index in [4.69, 9.17) is 5.10 Å². The molecule has 0 unspecified atom stereocenters. The average molecular weight is 418 g/mol. The SMILES string of the molecule is Cc1ccc(-c2nn(Cc3ccccc3)cc2C(=O)Nc2nnc(C(C)C)s2)cc1. The van der Waals surface area contributed by atoms with Gasteiger partial charge in [-0.25, -0.2) is 0 Å². The van der Waals surface area contributed by atoms with Gasteiger partial charge in [-0.05, 0) is 12.5 Å². The lowest BCUT2D eigenvalue weighted by Crippen LogP contribution is -2.12. The highest BCUT2D eigenvalue weighted by atomic mass is 32.1. The second kappa shape index (κ2) is 8.59. The molecule has 6 nitrogen and oxygen atoms in total. The maximum Gasteiger partial charge on any atom is 0.261 e. The van der Waals surface area contributed by atoms with Crippen LogP contribution < -0.4 is 5.32 Å². The Hall–Kier alpha value is -3.32. The summed E-state index contributed by atoms with van der Waals surface area (Å²) in [5.41, 5.74) is 4.34. The summed E-state index contributed by atoms with van der Waals surface area (Å²) in [5, 5.41) is 17.2. The van der Waals surface area contributed by atoms with E-state index in [0.29, 0.717) is 22.9 Å². The fourth-order valence-electron chi connectivity index (χ4n) is 3.05. The summed E-state index contributed by atoms with van der Waals surface area (Å²) in [4.78, 5) is 13.1. The van der Waals surface area contributed by atoms with Gasteiger partial charge in [0.25, 0.3) is 5.91 Å². The third-order valence-electron chi connectivity index (χ3n) is 4.67. The molecule has 0 atom stereocenters. The van der Waals surface area contributed by atoms with Crippen LogP contribution >= 0.6 is 11.3 Å². The number of hydrogen-bond acceptors (Lipinski definition) is 5. The molecule has 0 fully saturated rings. The summed E-state index contributed by atoms with van der Waals surface area (Å²) in [6.45, 7) is 6.72. The first-order chi connectivity index (χ1) is 14.5. The molecule has 0 aliphatic carbocycles. The molecule has 152 valence electrons. The van der Waals surface area contributed by atoms with Crippen LogP contribution in [0.15, 0.2) is 60.8 Å². The Morgan fingerprint density at radius 2 is 1.80 bits per heavy atom. The molecule has 0 aliphatic rings. The number of carbonyl (C=O) groups excluding carboxylic acids is 1. The van der Waals surface area contributed by atoms with E-state index in [0.717, 1.165) is 21.7 Å². The van der Waals surface area contributed by atoms with E-state index in [1.165, 1.54) is 11.3 Å². The molecule has 0 bridgehead atoms. The molecule has 1 N–H and O–H groups in total. The van der Waals surface area contributed by atoms with Crippen LogP contribution in [-0.2, 0) is 6.54 Å². The molecular formula is C23H23N5OS. The summed E-state index contributed by atoms with van der Waals surface area (Å²) < 4.78 is 1.80. The third kappa shape index (κ3) is 4.46. The smallest absolute Gasteiger partial charge is 0.261 e. The highest BCUT2D eigenvalue weighted by Crippen LogP contribution is 2.26. The summed E-state index contributed by atoms with van der Waals surface area (Å²) in [7, 11) is 0. The van der Waals surface area contributed by atoms with Crippen molar-refractivity contribution >= 4 is 22.4 Å². The van der Waals surface area contributed by atoms with Gasteiger partial charge in [-0.3, -0.25) is 14.8 Å². The molecule has 4 rings (SSSR count). The second-order valence-electron chi connectivity index (χ2n) is 7.49. The summed E-state index contributed by atoms with van der Waals surface area (Å²) in [6, 6.07) is 18.1. The van der Waals surface area contributed by atoms with Gasteiger partial charge < -0.3 is 0 Å². The van der Waals surface area contributed by atoms with Gasteiger partial charge in [0, 0.05) is 17.7 Å². The second-order valence-corrected chi connectivity index (χ2v) is 8.50. The van der Waals surface area contributed by atoms with Gasteiger partial charge in [-0.2, -0.15) is 5.10 Å². The summed E-state index contributed by atoms with van der Waals surface area (Å²) >= 11 is 1.40. The van der Waals surface area contributed by atoms with Crippen molar-refractivity contribution in [2.75, 3.05) is 5.32 Å². The third-order valence-corrected chi connectivity index (χ3v) is 5.81. The molecule has 2 aromatic heterocycles. The first-order valence-electron chi connectivity index (χ1n) is 9.83. The average Bonchev–Trinajstić information content (AvgIpc) is 3.37. The topological polar surface area (TPSA) is 72.7 Å². The molecule has 1 amide bonds. The van der Waals surface area contributed by atoms with Crippen LogP contribution in [0.1, 0.15) is 46.3 Å². The van der Waals surface area contributed by atoms with Crippen molar-refractivity contribution in [1.29, 1.82) is 0 Å². The van der Waals surface area contributed by atoms with Gasteiger partial charge >= 0.3 is 0 Å². The highest BCUT2D eigenvalue weighted by molar-refractivity contribution is 7.15. The van der Waals surface area contributed by atoms with Crippen LogP contribution in [0.2, 0.25) is 0 Å². The molecule has 0 aliphatic heterocycles. The number of nitrogens with zero attached hydrogens (tertiary/aromatic N) is 4. The van der Waals surface area contributed by atoms with Crippen LogP contribution in [0.25, 0.3) is 11.3 Å². The fourth-order valence-corrected chi connectivity index (χ4v) is 3.79. The van der Waals surface area contributed by atoms with Crippen molar-refractivity contribution in [2.45, 2.75) is 33.2 Å². The van der Waals surface area contributed by atoms with Gasteiger partial charge in [0.15, 0.2) is 0 Å². The Bertz CT molecular complexity index is 1150. The van der Waals surface area contributed by atoms with E-state index in [1.54, 1.807) is 10.9 Å². The number of anilines is 1. The molecule has 4 aromatic rings. The molecule has 7 heteroatoms. The van der Waals surface area contributed by atoms with Crippen LogP contribution in [0.3, 0.4) is 0 Å². The van der Waals surface area contributed by atoms with E-state index >= 15 is 0 Å². The van der Waals surface area contributed by atoms with Gasteiger partial charge in [-0.1, -0.05) is 85.3 Å².